The fourth-order valence-corrected chi connectivity index (χ4v) is 1.66. The minimum absolute atomic E-state index is 0.135. The highest BCUT2D eigenvalue weighted by Gasteiger charge is 2.27. The first-order valence-corrected chi connectivity index (χ1v) is 6.81. The van der Waals surface area contributed by atoms with Gasteiger partial charge in [-0.15, -0.1) is 0 Å². The molecule has 0 atom stereocenters. The third-order valence-electron chi connectivity index (χ3n) is 2.79. The van der Waals surface area contributed by atoms with Crippen molar-refractivity contribution in [1.82, 2.24) is 9.97 Å². The molecule has 0 amide bonds. The van der Waals surface area contributed by atoms with Gasteiger partial charge in [-0.05, 0) is 33.6 Å². The molecule has 5 nitrogen and oxygen atoms in total. The van der Waals surface area contributed by atoms with E-state index < -0.39 is 0 Å². The van der Waals surface area contributed by atoms with Crippen LogP contribution in [0.25, 0.3) is 0 Å². The van der Waals surface area contributed by atoms with E-state index in [1.54, 1.807) is 0 Å². The fraction of sp³-hybridized carbons (Fsp3) is 0.714. The van der Waals surface area contributed by atoms with Crippen LogP contribution in [0, 0.1) is 0 Å². The number of hydrogen-bond acceptors (Lipinski definition) is 5. The molecule has 0 aliphatic heterocycles. The molecule has 19 heavy (non-hydrogen) atoms. The quantitative estimate of drug-likeness (QED) is 0.801. The predicted molar refractivity (Wildman–Crippen MR) is 74.8 cm³/mol. The van der Waals surface area contributed by atoms with Gasteiger partial charge in [-0.1, -0.05) is 0 Å². The zero-order valence-corrected chi connectivity index (χ0v) is 12.2. The van der Waals surface area contributed by atoms with E-state index in [1.165, 1.54) is 12.8 Å². The average Bonchev–Trinajstić information content (AvgIpc) is 3.17. The second kappa shape index (κ2) is 5.74. The lowest BCUT2D eigenvalue weighted by Gasteiger charge is -2.19. The van der Waals surface area contributed by atoms with E-state index in [1.807, 2.05) is 33.9 Å². The van der Waals surface area contributed by atoms with Crippen LogP contribution in [0.5, 0.6) is 5.88 Å². The van der Waals surface area contributed by atoms with Gasteiger partial charge in [0, 0.05) is 19.0 Å². The van der Waals surface area contributed by atoms with Gasteiger partial charge in [0.2, 0.25) is 5.88 Å². The van der Waals surface area contributed by atoms with E-state index in [0.29, 0.717) is 25.0 Å². The van der Waals surface area contributed by atoms with E-state index in [2.05, 4.69) is 15.3 Å². The molecule has 1 aromatic heterocycles. The Morgan fingerprint density at radius 2 is 2.00 bits per heavy atom. The molecule has 1 saturated carbocycles. The summed E-state index contributed by atoms with van der Waals surface area (Å²) in [6.07, 6.45) is 2.36. The van der Waals surface area contributed by atoms with E-state index in [0.717, 1.165) is 11.6 Å². The maximum Gasteiger partial charge on any atom is 0.218 e. The van der Waals surface area contributed by atoms with Crippen LogP contribution in [-0.4, -0.2) is 35.8 Å². The van der Waals surface area contributed by atoms with Crippen molar-refractivity contribution in [2.45, 2.75) is 45.1 Å². The Labute approximate surface area is 114 Å². The average molecular weight is 265 g/mol. The Morgan fingerprint density at radius 3 is 2.58 bits per heavy atom. The first-order chi connectivity index (χ1) is 8.98. The van der Waals surface area contributed by atoms with Crippen LogP contribution >= 0.6 is 0 Å². The Morgan fingerprint density at radius 1 is 1.26 bits per heavy atom. The van der Waals surface area contributed by atoms with Crippen LogP contribution in [0.15, 0.2) is 6.07 Å². The normalized spacial score (nSPS) is 15.4. The van der Waals surface area contributed by atoms with Gasteiger partial charge in [-0.2, -0.15) is 4.98 Å². The standard InChI is InChI=1S/C14H23N3O2/c1-14(2,3)19-8-7-18-12-9-11(15-4)16-13(17-12)10-5-6-10/h9-10H,5-8H2,1-4H3,(H,15,16,17). The maximum absolute atomic E-state index is 5.65. The van der Waals surface area contributed by atoms with Crippen LogP contribution in [0.3, 0.4) is 0 Å². The van der Waals surface area contributed by atoms with Gasteiger partial charge >= 0.3 is 0 Å². The summed E-state index contributed by atoms with van der Waals surface area (Å²) in [6, 6.07) is 1.82. The molecule has 1 fully saturated rings. The lowest BCUT2D eigenvalue weighted by Crippen LogP contribution is -2.22. The van der Waals surface area contributed by atoms with E-state index in [-0.39, 0.29) is 5.60 Å². The fourth-order valence-electron chi connectivity index (χ4n) is 1.66. The van der Waals surface area contributed by atoms with Crippen molar-refractivity contribution in [3.05, 3.63) is 11.9 Å². The van der Waals surface area contributed by atoms with Crippen molar-refractivity contribution >= 4 is 5.82 Å². The SMILES string of the molecule is CNc1cc(OCCOC(C)(C)C)nc(C2CC2)n1. The molecule has 0 spiro atoms. The molecular formula is C14H23N3O2. The highest BCUT2D eigenvalue weighted by Crippen LogP contribution is 2.39. The molecule has 5 heteroatoms. The second-order valence-corrected chi connectivity index (χ2v) is 5.78. The largest absolute Gasteiger partial charge is 0.475 e. The smallest absolute Gasteiger partial charge is 0.218 e. The summed E-state index contributed by atoms with van der Waals surface area (Å²) in [5.74, 6) is 2.84. The predicted octanol–water partition coefficient (Wildman–Crippen LogP) is 2.59. The van der Waals surface area contributed by atoms with Crippen molar-refractivity contribution in [1.29, 1.82) is 0 Å². The number of hydrogen-bond donors (Lipinski definition) is 1. The van der Waals surface area contributed by atoms with E-state index >= 15 is 0 Å². The van der Waals surface area contributed by atoms with Crippen molar-refractivity contribution in [2.75, 3.05) is 25.6 Å². The van der Waals surface area contributed by atoms with Gasteiger partial charge in [0.15, 0.2) is 0 Å². The Balaban J connectivity index is 1.90. The lowest BCUT2D eigenvalue weighted by molar-refractivity contribution is -0.0168. The molecule has 1 N–H and O–H groups in total. The van der Waals surface area contributed by atoms with E-state index in [4.69, 9.17) is 9.47 Å². The first-order valence-electron chi connectivity index (χ1n) is 6.81. The molecule has 0 radical (unpaired) electrons. The summed E-state index contributed by atoms with van der Waals surface area (Å²) in [5, 5.41) is 3.04. The number of nitrogens with one attached hydrogen (secondary N) is 1. The zero-order chi connectivity index (χ0) is 13.9. The number of anilines is 1. The van der Waals surface area contributed by atoms with Gasteiger partial charge in [-0.25, -0.2) is 4.98 Å². The summed E-state index contributed by atoms with van der Waals surface area (Å²) in [5.41, 5.74) is -0.135. The minimum Gasteiger partial charge on any atom is -0.475 e. The Kier molecular flexibility index (Phi) is 4.24. The summed E-state index contributed by atoms with van der Waals surface area (Å²) in [4.78, 5) is 8.90. The van der Waals surface area contributed by atoms with Crippen LogP contribution < -0.4 is 10.1 Å². The third kappa shape index (κ3) is 4.67. The van der Waals surface area contributed by atoms with Crippen LogP contribution in [-0.2, 0) is 4.74 Å². The summed E-state index contributed by atoms with van der Waals surface area (Å²) < 4.78 is 11.3. The molecule has 0 saturated heterocycles. The van der Waals surface area contributed by atoms with Crippen LogP contribution in [0.2, 0.25) is 0 Å². The monoisotopic (exact) mass is 265 g/mol. The van der Waals surface area contributed by atoms with E-state index in [9.17, 15) is 0 Å². The molecule has 106 valence electrons. The van der Waals surface area contributed by atoms with Gasteiger partial charge in [0.1, 0.15) is 18.2 Å². The maximum atomic E-state index is 5.65. The Hall–Kier alpha value is -1.36. The molecule has 0 unspecified atom stereocenters. The van der Waals surface area contributed by atoms with Crippen LogP contribution in [0.1, 0.15) is 45.4 Å². The van der Waals surface area contributed by atoms with Gasteiger partial charge in [0.05, 0.1) is 12.2 Å². The first kappa shape index (κ1) is 14.1. The van der Waals surface area contributed by atoms with Crippen LogP contribution in [0.4, 0.5) is 5.82 Å². The number of aromatic nitrogens is 2. The molecule has 2 rings (SSSR count). The highest BCUT2D eigenvalue weighted by molar-refractivity contribution is 5.38. The number of nitrogens with zero attached hydrogens (tertiary/aromatic N) is 2. The summed E-state index contributed by atoms with van der Waals surface area (Å²) in [6.45, 7) is 7.15. The molecule has 1 aliphatic carbocycles. The topological polar surface area (TPSA) is 56.3 Å². The molecule has 1 aliphatic rings. The molecular weight excluding hydrogens is 242 g/mol. The molecule has 0 aromatic carbocycles. The molecule has 1 aromatic rings. The summed E-state index contributed by atoms with van der Waals surface area (Å²) >= 11 is 0. The van der Waals surface area contributed by atoms with Crippen molar-refractivity contribution in [3.63, 3.8) is 0 Å². The number of ether oxygens (including phenoxy) is 2. The molecule has 0 bridgehead atoms. The Bertz CT molecular complexity index is 425. The van der Waals surface area contributed by atoms with Gasteiger partial charge in [-0.3, -0.25) is 0 Å². The lowest BCUT2D eigenvalue weighted by atomic mass is 10.2. The third-order valence-corrected chi connectivity index (χ3v) is 2.79. The van der Waals surface area contributed by atoms with Crippen molar-refractivity contribution in [2.24, 2.45) is 0 Å². The van der Waals surface area contributed by atoms with Gasteiger partial charge in [0.25, 0.3) is 0 Å². The van der Waals surface area contributed by atoms with Gasteiger partial charge < -0.3 is 14.8 Å². The minimum atomic E-state index is -0.135. The molecule has 1 heterocycles. The highest BCUT2D eigenvalue weighted by atomic mass is 16.5. The van der Waals surface area contributed by atoms with Crippen molar-refractivity contribution in [3.8, 4) is 5.88 Å². The number of rotatable bonds is 6. The second-order valence-electron chi connectivity index (χ2n) is 5.78. The zero-order valence-electron chi connectivity index (χ0n) is 12.2. The van der Waals surface area contributed by atoms with Crippen molar-refractivity contribution < 1.29 is 9.47 Å². The summed E-state index contributed by atoms with van der Waals surface area (Å²) in [7, 11) is 1.85.